The highest BCUT2D eigenvalue weighted by Crippen LogP contribution is 2.35. The molecule has 0 bridgehead atoms. The SMILES string of the molecule is CC(=O)N1CCC(c2ccc(Nc3nc(-c4ccc5[nH]ncc5c4)cc4c3C(C=O)NC=C4)cc2)CC1. The summed E-state index contributed by atoms with van der Waals surface area (Å²) < 4.78 is 0. The van der Waals surface area contributed by atoms with Gasteiger partial charge in [-0.05, 0) is 72.5 Å². The average molecular weight is 493 g/mol. The number of H-pyrrole nitrogens is 1. The summed E-state index contributed by atoms with van der Waals surface area (Å²) in [7, 11) is 0. The molecular formula is C29H28N6O2. The molecule has 0 spiro atoms. The standard InChI is InChI=1S/C29H28N6O2/c1-18(37)35-12-9-20(10-13-35)19-2-5-24(6-3-19)32-29-28-22(8-11-30-27(28)17-36)15-26(33-29)21-4-7-25-23(14-21)16-31-34-25/h2-8,11,14-17,20,27,30H,9-10,12-13H2,1H3,(H,31,34)(H,32,33). The lowest BCUT2D eigenvalue weighted by Crippen LogP contribution is -2.36. The number of benzene rings is 2. The van der Waals surface area contributed by atoms with Crippen molar-refractivity contribution in [2.75, 3.05) is 18.4 Å². The van der Waals surface area contributed by atoms with Gasteiger partial charge < -0.3 is 20.3 Å². The number of anilines is 2. The lowest BCUT2D eigenvalue weighted by Gasteiger charge is -2.31. The zero-order chi connectivity index (χ0) is 25.4. The maximum atomic E-state index is 11.9. The van der Waals surface area contributed by atoms with Crippen LogP contribution in [-0.4, -0.2) is 45.4 Å². The fourth-order valence-corrected chi connectivity index (χ4v) is 5.32. The van der Waals surface area contributed by atoms with E-state index >= 15 is 0 Å². The van der Waals surface area contributed by atoms with E-state index in [1.807, 2.05) is 29.2 Å². The van der Waals surface area contributed by atoms with Crippen molar-refractivity contribution in [2.24, 2.45) is 0 Å². The Morgan fingerprint density at radius 1 is 1.11 bits per heavy atom. The Morgan fingerprint density at radius 3 is 2.68 bits per heavy atom. The smallest absolute Gasteiger partial charge is 0.219 e. The van der Waals surface area contributed by atoms with Gasteiger partial charge in [0.25, 0.3) is 0 Å². The van der Waals surface area contributed by atoms with Crippen LogP contribution in [0.15, 0.2) is 60.9 Å². The molecule has 8 nitrogen and oxygen atoms in total. The second-order valence-corrected chi connectivity index (χ2v) is 9.67. The maximum absolute atomic E-state index is 11.9. The predicted octanol–water partition coefficient (Wildman–Crippen LogP) is 4.91. The highest BCUT2D eigenvalue weighted by molar-refractivity contribution is 5.85. The van der Waals surface area contributed by atoms with Gasteiger partial charge in [-0.3, -0.25) is 9.89 Å². The summed E-state index contributed by atoms with van der Waals surface area (Å²) >= 11 is 0. The Hall–Kier alpha value is -4.46. The minimum Gasteiger partial charge on any atom is -0.378 e. The van der Waals surface area contributed by atoms with Gasteiger partial charge in [0.15, 0.2) is 0 Å². The highest BCUT2D eigenvalue weighted by atomic mass is 16.2. The number of carbonyl (C=O) groups excluding carboxylic acids is 2. The normalized spacial score (nSPS) is 17.3. The van der Waals surface area contributed by atoms with Crippen LogP contribution in [0.4, 0.5) is 11.5 Å². The number of nitrogens with one attached hydrogen (secondary N) is 3. The van der Waals surface area contributed by atoms with Crippen molar-refractivity contribution in [1.82, 2.24) is 25.4 Å². The molecule has 2 aromatic carbocycles. The number of fused-ring (bicyclic) bond motifs is 2. The number of aldehydes is 1. The number of piperidine rings is 1. The molecule has 4 heterocycles. The van der Waals surface area contributed by atoms with E-state index in [1.165, 1.54) is 5.56 Å². The van der Waals surface area contributed by atoms with E-state index in [-0.39, 0.29) is 5.91 Å². The molecule has 0 saturated carbocycles. The van der Waals surface area contributed by atoms with Gasteiger partial charge in [-0.2, -0.15) is 5.10 Å². The molecule has 1 atom stereocenters. The zero-order valence-corrected chi connectivity index (χ0v) is 20.6. The molecule has 3 N–H and O–H groups in total. The molecule has 2 aromatic heterocycles. The van der Waals surface area contributed by atoms with Crippen LogP contribution in [0.2, 0.25) is 0 Å². The number of hydrogen-bond donors (Lipinski definition) is 3. The summed E-state index contributed by atoms with van der Waals surface area (Å²) in [5.41, 5.74) is 6.71. The zero-order valence-electron chi connectivity index (χ0n) is 20.6. The van der Waals surface area contributed by atoms with E-state index < -0.39 is 6.04 Å². The van der Waals surface area contributed by atoms with E-state index in [2.05, 4.69) is 51.2 Å². The number of amides is 1. The summed E-state index contributed by atoms with van der Waals surface area (Å²) in [6, 6.07) is 16.0. The van der Waals surface area contributed by atoms with Gasteiger partial charge in [0.05, 0.1) is 17.4 Å². The molecule has 2 aliphatic rings. The molecule has 0 radical (unpaired) electrons. The third-order valence-corrected chi connectivity index (χ3v) is 7.40. The first-order chi connectivity index (χ1) is 18.1. The van der Waals surface area contributed by atoms with Crippen LogP contribution in [0, 0.1) is 0 Å². The first kappa shape index (κ1) is 23.0. The Bertz CT molecular complexity index is 1500. The molecule has 1 fully saturated rings. The maximum Gasteiger partial charge on any atom is 0.219 e. The van der Waals surface area contributed by atoms with Crippen LogP contribution < -0.4 is 10.6 Å². The first-order valence-corrected chi connectivity index (χ1v) is 12.6. The third-order valence-electron chi connectivity index (χ3n) is 7.40. The van der Waals surface area contributed by atoms with E-state index in [0.717, 1.165) is 71.2 Å². The van der Waals surface area contributed by atoms with Gasteiger partial charge in [-0.15, -0.1) is 0 Å². The molecule has 37 heavy (non-hydrogen) atoms. The van der Waals surface area contributed by atoms with Crippen LogP contribution in [0.1, 0.15) is 48.4 Å². The lowest BCUT2D eigenvalue weighted by molar-refractivity contribution is -0.129. The van der Waals surface area contributed by atoms with Crippen LogP contribution in [0.5, 0.6) is 0 Å². The van der Waals surface area contributed by atoms with Crippen molar-refractivity contribution >= 4 is 40.7 Å². The Morgan fingerprint density at radius 2 is 1.92 bits per heavy atom. The monoisotopic (exact) mass is 492 g/mol. The van der Waals surface area contributed by atoms with Gasteiger partial charge >= 0.3 is 0 Å². The van der Waals surface area contributed by atoms with E-state index in [0.29, 0.717) is 11.7 Å². The number of hydrogen-bond acceptors (Lipinski definition) is 6. The van der Waals surface area contributed by atoms with Crippen molar-refractivity contribution in [3.05, 3.63) is 77.6 Å². The first-order valence-electron chi connectivity index (χ1n) is 12.6. The van der Waals surface area contributed by atoms with E-state index in [1.54, 1.807) is 19.3 Å². The molecule has 1 saturated heterocycles. The summed E-state index contributed by atoms with van der Waals surface area (Å²) in [6.07, 6.45) is 8.43. The summed E-state index contributed by atoms with van der Waals surface area (Å²) in [4.78, 5) is 30.4. The van der Waals surface area contributed by atoms with Crippen molar-refractivity contribution in [2.45, 2.75) is 31.7 Å². The number of rotatable bonds is 5. The Kier molecular flexibility index (Phi) is 5.92. The van der Waals surface area contributed by atoms with Gasteiger partial charge in [-0.1, -0.05) is 18.2 Å². The third kappa shape index (κ3) is 4.46. The Balaban J connectivity index is 1.31. The van der Waals surface area contributed by atoms with Crippen LogP contribution in [-0.2, 0) is 9.59 Å². The van der Waals surface area contributed by atoms with Crippen LogP contribution >= 0.6 is 0 Å². The Labute approximate surface area is 214 Å². The number of aromatic nitrogens is 3. The van der Waals surface area contributed by atoms with Crippen molar-refractivity contribution in [1.29, 1.82) is 0 Å². The molecular weight excluding hydrogens is 464 g/mol. The fraction of sp³-hybridized carbons (Fsp3) is 0.241. The number of aromatic amines is 1. The van der Waals surface area contributed by atoms with E-state index in [9.17, 15) is 9.59 Å². The molecule has 0 aliphatic carbocycles. The van der Waals surface area contributed by atoms with Gasteiger partial charge in [-0.25, -0.2) is 4.98 Å². The molecule has 6 rings (SSSR count). The largest absolute Gasteiger partial charge is 0.378 e. The van der Waals surface area contributed by atoms with Crippen molar-refractivity contribution < 1.29 is 9.59 Å². The molecule has 4 aromatic rings. The number of carbonyl (C=O) groups is 2. The average Bonchev–Trinajstić information content (AvgIpc) is 3.41. The topological polar surface area (TPSA) is 103 Å². The molecule has 186 valence electrons. The summed E-state index contributed by atoms with van der Waals surface area (Å²) in [5.74, 6) is 1.25. The van der Waals surface area contributed by atoms with Gasteiger partial charge in [0, 0.05) is 42.2 Å². The highest BCUT2D eigenvalue weighted by Gasteiger charge is 2.24. The summed E-state index contributed by atoms with van der Waals surface area (Å²) in [6.45, 7) is 3.25. The van der Waals surface area contributed by atoms with Crippen molar-refractivity contribution in [3.8, 4) is 11.3 Å². The summed E-state index contributed by atoms with van der Waals surface area (Å²) in [5, 5.41) is 14.7. The van der Waals surface area contributed by atoms with Crippen LogP contribution in [0.3, 0.4) is 0 Å². The predicted molar refractivity (Wildman–Crippen MR) is 144 cm³/mol. The minimum absolute atomic E-state index is 0.152. The molecule has 1 unspecified atom stereocenters. The fourth-order valence-electron chi connectivity index (χ4n) is 5.32. The van der Waals surface area contributed by atoms with Crippen LogP contribution in [0.25, 0.3) is 28.2 Å². The molecule has 2 aliphatic heterocycles. The van der Waals surface area contributed by atoms with Crippen molar-refractivity contribution in [3.63, 3.8) is 0 Å². The molecule has 1 amide bonds. The second-order valence-electron chi connectivity index (χ2n) is 9.67. The van der Waals surface area contributed by atoms with E-state index in [4.69, 9.17) is 4.98 Å². The number of likely N-dealkylation sites (tertiary alicyclic amines) is 1. The van der Waals surface area contributed by atoms with Gasteiger partial charge in [0.2, 0.25) is 5.91 Å². The second kappa shape index (κ2) is 9.54. The van der Waals surface area contributed by atoms with Gasteiger partial charge in [0.1, 0.15) is 18.1 Å². The quantitative estimate of drug-likeness (QED) is 0.342. The number of pyridine rings is 1. The minimum atomic E-state index is -0.480. The molecule has 8 heteroatoms. The number of nitrogens with zero attached hydrogens (tertiary/aromatic N) is 3. The lowest BCUT2D eigenvalue weighted by atomic mass is 9.89.